The van der Waals surface area contributed by atoms with Gasteiger partial charge in [0, 0.05) is 0 Å². The van der Waals surface area contributed by atoms with E-state index < -0.39 is 11.2 Å². The first-order valence-corrected chi connectivity index (χ1v) is 6.17. The predicted octanol–water partition coefficient (Wildman–Crippen LogP) is 1.67. The number of rotatable bonds is 5. The Bertz CT molecular complexity index is 480. The molecule has 19 heavy (non-hydrogen) atoms. The number of aromatic hydroxyl groups is 1. The van der Waals surface area contributed by atoms with Crippen molar-refractivity contribution in [1.29, 1.82) is 0 Å². The van der Waals surface area contributed by atoms with Crippen LogP contribution in [0.5, 0.6) is 5.75 Å². The predicted molar refractivity (Wildman–Crippen MR) is 75.4 cm³/mol. The van der Waals surface area contributed by atoms with Crippen LogP contribution in [0.2, 0.25) is 5.02 Å². The highest BCUT2D eigenvalue weighted by molar-refractivity contribution is 6.48. The number of carbonyl (C=O) groups is 1. The van der Waals surface area contributed by atoms with E-state index in [1.54, 1.807) is 27.7 Å². The molecule has 0 aromatic heterocycles. The van der Waals surface area contributed by atoms with Gasteiger partial charge in [0.15, 0.2) is 6.29 Å². The summed E-state index contributed by atoms with van der Waals surface area (Å²) >= 11 is 5.80. The number of halogens is 1. The smallest absolute Gasteiger partial charge is 0.330 e. The second kappa shape index (κ2) is 5.53. The maximum atomic E-state index is 10.8. The van der Waals surface area contributed by atoms with E-state index >= 15 is 0 Å². The lowest BCUT2D eigenvalue weighted by Gasteiger charge is -2.37. The molecule has 1 radical (unpaired) electrons. The lowest BCUT2D eigenvalue weighted by Crippen LogP contribution is -2.49. The molecule has 103 valence electrons. The van der Waals surface area contributed by atoms with Gasteiger partial charge in [-0.3, -0.25) is 4.79 Å². The molecule has 0 saturated heterocycles. The Morgan fingerprint density at radius 1 is 1.32 bits per heavy atom. The first kappa shape index (κ1) is 16.0. The molecule has 0 aliphatic rings. The lowest BCUT2D eigenvalue weighted by atomic mass is 9.82. The summed E-state index contributed by atoms with van der Waals surface area (Å²) in [5.74, 6) is -0.254. The molecule has 6 heteroatoms. The van der Waals surface area contributed by atoms with Crippen LogP contribution < -0.4 is 5.46 Å². The zero-order valence-electron chi connectivity index (χ0n) is 11.4. The maximum absolute atomic E-state index is 10.8. The summed E-state index contributed by atoms with van der Waals surface area (Å²) in [7, 11) is 1.40. The van der Waals surface area contributed by atoms with Gasteiger partial charge in [-0.1, -0.05) is 23.1 Å². The molecule has 0 unspecified atom stereocenters. The number of benzene rings is 1. The van der Waals surface area contributed by atoms with Crippen LogP contribution in [0.3, 0.4) is 0 Å². The molecular weight excluding hydrogens is 266 g/mol. The standard InChI is InChI=1S/C13H17BClO4/c1-12(2,18)13(3,4)19-14-9-5-8(7-16)11(17)10(15)6-9/h5-7,17-18H,1-4H3. The highest BCUT2D eigenvalue weighted by Crippen LogP contribution is 2.26. The minimum Gasteiger partial charge on any atom is -0.506 e. The topological polar surface area (TPSA) is 66.8 Å². The molecule has 0 spiro atoms. The summed E-state index contributed by atoms with van der Waals surface area (Å²) in [6, 6.07) is 2.93. The van der Waals surface area contributed by atoms with E-state index in [0.717, 1.165) is 0 Å². The third kappa shape index (κ3) is 3.72. The van der Waals surface area contributed by atoms with Gasteiger partial charge >= 0.3 is 7.48 Å². The third-order valence-electron chi connectivity index (χ3n) is 3.21. The van der Waals surface area contributed by atoms with E-state index in [1.807, 2.05) is 0 Å². The highest BCUT2D eigenvalue weighted by atomic mass is 35.5. The van der Waals surface area contributed by atoms with Gasteiger partial charge in [0.1, 0.15) is 5.75 Å². The molecule has 1 aromatic carbocycles. The Morgan fingerprint density at radius 3 is 2.37 bits per heavy atom. The molecule has 1 rings (SSSR count). The minimum absolute atomic E-state index is 0.0699. The van der Waals surface area contributed by atoms with Crippen molar-refractivity contribution in [3.63, 3.8) is 0 Å². The summed E-state index contributed by atoms with van der Waals surface area (Å²) < 4.78 is 5.54. The van der Waals surface area contributed by atoms with Crippen molar-refractivity contribution in [2.45, 2.75) is 38.9 Å². The third-order valence-corrected chi connectivity index (χ3v) is 3.49. The van der Waals surface area contributed by atoms with E-state index in [2.05, 4.69) is 0 Å². The molecule has 1 aromatic rings. The number of carbonyl (C=O) groups excluding carboxylic acids is 1. The number of aliphatic hydroxyl groups is 1. The number of phenolic OH excluding ortho intramolecular Hbond substituents is 1. The second-order valence-corrected chi connectivity index (χ2v) is 5.77. The Kier molecular flexibility index (Phi) is 4.66. The van der Waals surface area contributed by atoms with Crippen LogP contribution in [0.25, 0.3) is 0 Å². The molecule has 0 aliphatic heterocycles. The first-order valence-electron chi connectivity index (χ1n) is 5.79. The largest absolute Gasteiger partial charge is 0.506 e. The van der Waals surface area contributed by atoms with E-state index in [4.69, 9.17) is 16.3 Å². The second-order valence-electron chi connectivity index (χ2n) is 5.36. The van der Waals surface area contributed by atoms with Crippen LogP contribution >= 0.6 is 11.6 Å². The SMILES string of the molecule is CC(C)(O)C(C)(C)O[B]c1cc(Cl)c(O)c(C=O)c1. The average Bonchev–Trinajstić information content (AvgIpc) is 2.29. The van der Waals surface area contributed by atoms with Crippen LogP contribution in [0.4, 0.5) is 0 Å². The van der Waals surface area contributed by atoms with Gasteiger partial charge in [-0.25, -0.2) is 0 Å². The molecular formula is C13H17BClO4. The number of phenols is 1. The van der Waals surface area contributed by atoms with Gasteiger partial charge in [-0.2, -0.15) is 0 Å². The number of aldehydes is 1. The van der Waals surface area contributed by atoms with Crippen molar-refractivity contribution in [3.8, 4) is 5.75 Å². The van der Waals surface area contributed by atoms with Crippen molar-refractivity contribution in [1.82, 2.24) is 0 Å². The molecule has 0 fully saturated rings. The molecule has 0 saturated carbocycles. The van der Waals surface area contributed by atoms with Crippen LogP contribution in [-0.2, 0) is 4.65 Å². The Balaban J connectivity index is 2.91. The van der Waals surface area contributed by atoms with Crippen LogP contribution in [-0.4, -0.2) is 35.2 Å². The molecule has 4 nitrogen and oxygen atoms in total. The quantitative estimate of drug-likeness (QED) is 0.637. The Labute approximate surface area is 118 Å². The monoisotopic (exact) mass is 283 g/mol. The van der Waals surface area contributed by atoms with E-state index in [0.29, 0.717) is 11.7 Å². The molecule has 0 atom stereocenters. The Hall–Kier alpha value is -1.04. The maximum Gasteiger partial charge on any atom is 0.330 e. The highest BCUT2D eigenvalue weighted by Gasteiger charge is 2.35. The molecule has 0 bridgehead atoms. The fraction of sp³-hybridized carbons (Fsp3) is 0.462. The van der Waals surface area contributed by atoms with Gasteiger partial charge < -0.3 is 14.9 Å². The molecule has 0 heterocycles. The van der Waals surface area contributed by atoms with Crippen LogP contribution in [0, 0.1) is 0 Å². The number of hydrogen-bond donors (Lipinski definition) is 2. The van der Waals surface area contributed by atoms with Crippen molar-refractivity contribution < 1.29 is 19.7 Å². The summed E-state index contributed by atoms with van der Waals surface area (Å²) in [6.07, 6.45) is 0.514. The normalized spacial score (nSPS) is 12.3. The fourth-order valence-corrected chi connectivity index (χ4v) is 1.39. The molecule has 0 aliphatic carbocycles. The van der Waals surface area contributed by atoms with Gasteiger partial charge in [0.05, 0.1) is 21.8 Å². The van der Waals surface area contributed by atoms with Gasteiger partial charge in [0.25, 0.3) is 0 Å². The first-order chi connectivity index (χ1) is 8.58. The minimum atomic E-state index is -1.04. The van der Waals surface area contributed by atoms with Gasteiger partial charge in [-0.05, 0) is 33.8 Å². The van der Waals surface area contributed by atoms with Gasteiger partial charge in [0.2, 0.25) is 0 Å². The molecule has 2 N–H and O–H groups in total. The fourth-order valence-electron chi connectivity index (χ4n) is 1.16. The van der Waals surface area contributed by atoms with E-state index in [9.17, 15) is 15.0 Å². The van der Waals surface area contributed by atoms with E-state index in [1.165, 1.54) is 19.6 Å². The zero-order valence-corrected chi connectivity index (χ0v) is 12.2. The van der Waals surface area contributed by atoms with Crippen molar-refractivity contribution >= 4 is 30.8 Å². The number of hydrogen-bond acceptors (Lipinski definition) is 4. The average molecular weight is 284 g/mol. The summed E-state index contributed by atoms with van der Waals surface area (Å²) in [5, 5.41) is 19.5. The summed E-state index contributed by atoms with van der Waals surface area (Å²) in [4.78, 5) is 10.8. The van der Waals surface area contributed by atoms with Crippen molar-refractivity contribution in [2.75, 3.05) is 0 Å². The van der Waals surface area contributed by atoms with Crippen molar-refractivity contribution in [3.05, 3.63) is 22.7 Å². The van der Waals surface area contributed by atoms with Gasteiger partial charge in [-0.15, -0.1) is 0 Å². The Morgan fingerprint density at radius 2 is 1.89 bits per heavy atom. The van der Waals surface area contributed by atoms with Crippen LogP contribution in [0.15, 0.2) is 12.1 Å². The zero-order chi connectivity index (χ0) is 14.8. The van der Waals surface area contributed by atoms with Crippen LogP contribution in [0.1, 0.15) is 38.1 Å². The lowest BCUT2D eigenvalue weighted by molar-refractivity contribution is -0.0893. The van der Waals surface area contributed by atoms with Crippen molar-refractivity contribution in [2.24, 2.45) is 0 Å². The molecule has 0 amide bonds. The summed E-state index contributed by atoms with van der Waals surface area (Å²) in [6.45, 7) is 6.77. The van der Waals surface area contributed by atoms with E-state index in [-0.39, 0.29) is 16.3 Å². The summed E-state index contributed by atoms with van der Waals surface area (Å²) in [5.41, 5.74) is -1.25.